The van der Waals surface area contributed by atoms with E-state index in [1.807, 2.05) is 0 Å². The summed E-state index contributed by atoms with van der Waals surface area (Å²) in [6.45, 7) is 0. The summed E-state index contributed by atoms with van der Waals surface area (Å²) in [7, 11) is -3.92. The van der Waals surface area contributed by atoms with Crippen LogP contribution in [0.1, 0.15) is 0 Å². The number of hydrogen-bond acceptors (Lipinski definition) is 5. The summed E-state index contributed by atoms with van der Waals surface area (Å²) in [6, 6.07) is 9.72. The SMILES string of the molecule is O=[N+]([O-])c1ccc(S(=O)(=O)c2cccc3cnccc23)c(Cl)c1. The van der Waals surface area contributed by atoms with Crippen LogP contribution >= 0.6 is 11.6 Å². The van der Waals surface area contributed by atoms with Crippen molar-refractivity contribution in [3.8, 4) is 0 Å². The monoisotopic (exact) mass is 348 g/mol. The molecular weight excluding hydrogens is 340 g/mol. The molecule has 0 radical (unpaired) electrons. The fraction of sp³-hybridized carbons (Fsp3) is 0. The van der Waals surface area contributed by atoms with E-state index in [1.165, 1.54) is 12.3 Å². The maximum atomic E-state index is 12.9. The van der Waals surface area contributed by atoms with Gasteiger partial charge in [-0.05, 0) is 18.2 Å². The van der Waals surface area contributed by atoms with Gasteiger partial charge in [-0.1, -0.05) is 23.7 Å². The molecule has 3 aromatic rings. The Labute approximate surface area is 136 Å². The Bertz CT molecular complexity index is 1030. The van der Waals surface area contributed by atoms with Crippen LogP contribution in [0.2, 0.25) is 5.02 Å². The van der Waals surface area contributed by atoms with Gasteiger partial charge >= 0.3 is 0 Å². The third-order valence-electron chi connectivity index (χ3n) is 3.35. The Morgan fingerprint density at radius 1 is 1.09 bits per heavy atom. The maximum Gasteiger partial charge on any atom is 0.271 e. The molecule has 0 fully saturated rings. The summed E-state index contributed by atoms with van der Waals surface area (Å²) in [5.41, 5.74) is -0.268. The van der Waals surface area contributed by atoms with Crippen LogP contribution in [0.5, 0.6) is 0 Å². The zero-order valence-electron chi connectivity index (χ0n) is 11.5. The molecule has 0 spiro atoms. The molecule has 0 aliphatic rings. The number of benzene rings is 2. The molecule has 0 bridgehead atoms. The van der Waals surface area contributed by atoms with E-state index in [1.54, 1.807) is 24.4 Å². The van der Waals surface area contributed by atoms with Gasteiger partial charge in [0, 0.05) is 35.3 Å². The van der Waals surface area contributed by atoms with E-state index in [9.17, 15) is 18.5 Å². The number of rotatable bonds is 3. The number of halogens is 1. The minimum atomic E-state index is -3.92. The van der Waals surface area contributed by atoms with Gasteiger partial charge in [-0.15, -0.1) is 0 Å². The standard InChI is InChI=1S/C15H9ClN2O4S/c16-13-8-11(18(19)20)4-5-15(13)23(21,22)14-3-1-2-10-9-17-7-6-12(10)14/h1-9H. The lowest BCUT2D eigenvalue weighted by molar-refractivity contribution is -0.384. The zero-order valence-corrected chi connectivity index (χ0v) is 13.1. The summed E-state index contributed by atoms with van der Waals surface area (Å²) < 4.78 is 25.8. The molecular formula is C15H9ClN2O4S. The first-order chi connectivity index (χ1) is 10.9. The minimum absolute atomic E-state index is 0.0770. The quantitative estimate of drug-likeness (QED) is 0.532. The molecule has 0 saturated heterocycles. The second kappa shape index (κ2) is 5.60. The average Bonchev–Trinajstić information content (AvgIpc) is 2.53. The molecule has 0 N–H and O–H groups in total. The maximum absolute atomic E-state index is 12.9. The van der Waals surface area contributed by atoms with Crippen LogP contribution in [-0.4, -0.2) is 18.3 Å². The van der Waals surface area contributed by atoms with Crippen LogP contribution in [0.3, 0.4) is 0 Å². The van der Waals surface area contributed by atoms with Crippen LogP contribution in [0, 0.1) is 10.1 Å². The van der Waals surface area contributed by atoms with E-state index in [4.69, 9.17) is 11.6 Å². The van der Waals surface area contributed by atoms with Crippen molar-refractivity contribution < 1.29 is 13.3 Å². The number of hydrogen-bond donors (Lipinski definition) is 0. The molecule has 2 aromatic carbocycles. The van der Waals surface area contributed by atoms with Crippen molar-refractivity contribution in [3.63, 3.8) is 0 Å². The molecule has 0 saturated carbocycles. The normalized spacial score (nSPS) is 11.5. The Morgan fingerprint density at radius 3 is 2.57 bits per heavy atom. The number of nitro benzene ring substituents is 1. The summed E-state index contributed by atoms with van der Waals surface area (Å²) in [6.07, 6.45) is 3.06. The minimum Gasteiger partial charge on any atom is -0.264 e. The molecule has 0 atom stereocenters. The van der Waals surface area contributed by atoms with Gasteiger partial charge in [0.1, 0.15) is 0 Å². The number of nitrogens with zero attached hydrogens (tertiary/aromatic N) is 2. The second-order valence-electron chi connectivity index (χ2n) is 4.73. The number of nitro groups is 1. The molecule has 0 amide bonds. The molecule has 116 valence electrons. The third kappa shape index (κ3) is 2.64. The Hall–Kier alpha value is -2.51. The van der Waals surface area contributed by atoms with E-state index in [2.05, 4.69) is 4.98 Å². The first-order valence-corrected chi connectivity index (χ1v) is 8.29. The molecule has 0 aliphatic carbocycles. The first-order valence-electron chi connectivity index (χ1n) is 6.43. The molecule has 1 heterocycles. The Balaban J connectivity index is 2.24. The fourth-order valence-corrected chi connectivity index (χ4v) is 4.28. The summed E-state index contributed by atoms with van der Waals surface area (Å²) in [5.74, 6) is 0. The average molecular weight is 349 g/mol. The molecule has 0 unspecified atom stereocenters. The predicted molar refractivity (Wildman–Crippen MR) is 85.3 cm³/mol. The van der Waals surface area contributed by atoms with Crippen molar-refractivity contribution in [2.24, 2.45) is 0 Å². The van der Waals surface area contributed by atoms with Gasteiger partial charge in [-0.25, -0.2) is 8.42 Å². The van der Waals surface area contributed by atoms with E-state index in [0.717, 1.165) is 18.2 Å². The highest BCUT2D eigenvalue weighted by atomic mass is 35.5. The van der Waals surface area contributed by atoms with Crippen molar-refractivity contribution in [1.82, 2.24) is 4.98 Å². The Morgan fingerprint density at radius 2 is 1.87 bits per heavy atom. The highest BCUT2D eigenvalue weighted by Crippen LogP contribution is 2.33. The third-order valence-corrected chi connectivity index (χ3v) is 5.64. The van der Waals surface area contributed by atoms with Crippen molar-refractivity contribution in [2.45, 2.75) is 9.79 Å². The van der Waals surface area contributed by atoms with Crippen molar-refractivity contribution in [1.29, 1.82) is 0 Å². The van der Waals surface area contributed by atoms with Crippen LogP contribution in [0.25, 0.3) is 10.8 Å². The molecule has 8 heteroatoms. The van der Waals surface area contributed by atoms with E-state index in [-0.39, 0.29) is 20.5 Å². The van der Waals surface area contributed by atoms with Crippen LogP contribution < -0.4 is 0 Å². The fourth-order valence-electron chi connectivity index (χ4n) is 2.27. The van der Waals surface area contributed by atoms with E-state index >= 15 is 0 Å². The molecule has 1 aromatic heterocycles. The van der Waals surface area contributed by atoms with E-state index in [0.29, 0.717) is 10.8 Å². The topological polar surface area (TPSA) is 90.2 Å². The zero-order chi connectivity index (χ0) is 16.6. The molecule has 0 aliphatic heterocycles. The number of fused-ring (bicyclic) bond motifs is 1. The van der Waals surface area contributed by atoms with Crippen LogP contribution in [-0.2, 0) is 9.84 Å². The van der Waals surface area contributed by atoms with Crippen molar-refractivity contribution >= 4 is 37.9 Å². The molecule has 3 rings (SSSR count). The number of aromatic nitrogens is 1. The summed E-state index contributed by atoms with van der Waals surface area (Å²) >= 11 is 5.96. The Kier molecular flexibility index (Phi) is 3.75. The number of sulfone groups is 1. The summed E-state index contributed by atoms with van der Waals surface area (Å²) in [4.78, 5) is 14.0. The van der Waals surface area contributed by atoms with Crippen molar-refractivity contribution in [2.75, 3.05) is 0 Å². The summed E-state index contributed by atoms with van der Waals surface area (Å²) in [5, 5.41) is 11.7. The highest BCUT2D eigenvalue weighted by molar-refractivity contribution is 7.91. The lowest BCUT2D eigenvalue weighted by Gasteiger charge is -2.09. The van der Waals surface area contributed by atoms with E-state index < -0.39 is 14.8 Å². The largest absolute Gasteiger partial charge is 0.271 e. The number of pyridine rings is 1. The van der Waals surface area contributed by atoms with Gasteiger partial charge in [0.15, 0.2) is 0 Å². The van der Waals surface area contributed by atoms with Gasteiger partial charge in [0.05, 0.1) is 19.7 Å². The number of non-ortho nitro benzene ring substituents is 1. The lowest BCUT2D eigenvalue weighted by Crippen LogP contribution is -2.04. The van der Waals surface area contributed by atoms with Crippen LogP contribution in [0.4, 0.5) is 5.69 Å². The van der Waals surface area contributed by atoms with Gasteiger partial charge in [0.2, 0.25) is 9.84 Å². The molecule has 23 heavy (non-hydrogen) atoms. The molecule has 6 nitrogen and oxygen atoms in total. The van der Waals surface area contributed by atoms with Gasteiger partial charge in [0.25, 0.3) is 5.69 Å². The first kappa shape index (κ1) is 15.4. The van der Waals surface area contributed by atoms with Gasteiger partial charge < -0.3 is 0 Å². The lowest BCUT2D eigenvalue weighted by atomic mass is 10.2. The van der Waals surface area contributed by atoms with Crippen molar-refractivity contribution in [3.05, 3.63) is 70.0 Å². The van der Waals surface area contributed by atoms with Gasteiger partial charge in [-0.2, -0.15) is 0 Å². The second-order valence-corrected chi connectivity index (χ2v) is 7.02. The smallest absolute Gasteiger partial charge is 0.264 e. The highest BCUT2D eigenvalue weighted by Gasteiger charge is 2.24. The van der Waals surface area contributed by atoms with Gasteiger partial charge in [-0.3, -0.25) is 15.1 Å². The predicted octanol–water partition coefficient (Wildman–Crippen LogP) is 3.63. The van der Waals surface area contributed by atoms with Crippen LogP contribution in [0.15, 0.2) is 64.6 Å².